The van der Waals surface area contributed by atoms with E-state index in [2.05, 4.69) is 28.9 Å². The van der Waals surface area contributed by atoms with Crippen LogP contribution in [0.2, 0.25) is 5.02 Å². The van der Waals surface area contributed by atoms with Crippen molar-refractivity contribution in [3.8, 4) is 0 Å². The second-order valence-electron chi connectivity index (χ2n) is 9.39. The maximum Gasteiger partial charge on any atom is 0.416 e. The van der Waals surface area contributed by atoms with E-state index in [4.69, 9.17) is 21.1 Å². The number of rotatable bonds is 8. The molecule has 1 unspecified atom stereocenters. The van der Waals surface area contributed by atoms with Gasteiger partial charge in [-0.2, -0.15) is 13.2 Å². The molecular weight excluding hydrogens is 493 g/mol. The Balaban J connectivity index is 1.28. The van der Waals surface area contributed by atoms with Crippen molar-refractivity contribution in [3.63, 3.8) is 0 Å². The van der Waals surface area contributed by atoms with Crippen LogP contribution in [-0.4, -0.2) is 24.5 Å². The number of carbonyl (C=O) groups excluding carboxylic acids is 1. The van der Waals surface area contributed by atoms with Gasteiger partial charge in [0, 0.05) is 6.04 Å². The molecule has 1 saturated carbocycles. The highest BCUT2D eigenvalue weighted by Gasteiger charge is 2.32. The molecule has 0 bridgehead atoms. The first-order valence-corrected chi connectivity index (χ1v) is 12.6. The maximum atomic E-state index is 13.0. The van der Waals surface area contributed by atoms with E-state index < -0.39 is 17.6 Å². The van der Waals surface area contributed by atoms with Gasteiger partial charge in [-0.1, -0.05) is 35.4 Å². The van der Waals surface area contributed by atoms with Crippen molar-refractivity contribution in [3.05, 3.63) is 82.7 Å². The van der Waals surface area contributed by atoms with Gasteiger partial charge in [-0.15, -0.1) is 0 Å². The molecule has 2 N–H and O–H groups in total. The Morgan fingerprint density at radius 2 is 1.97 bits per heavy atom. The fourth-order valence-corrected chi connectivity index (χ4v) is 4.96. The molecule has 0 spiro atoms. The molecule has 3 aliphatic rings. The quantitative estimate of drug-likeness (QED) is 0.402. The van der Waals surface area contributed by atoms with E-state index in [9.17, 15) is 18.0 Å². The van der Waals surface area contributed by atoms with Crippen LogP contribution in [0.1, 0.15) is 60.9 Å². The smallest absolute Gasteiger partial charge is 0.416 e. The normalized spacial score (nSPS) is 22.7. The number of allylic oxidation sites excluding steroid dienone is 3. The molecular formula is C27H30ClF3N2O3. The van der Waals surface area contributed by atoms with Crippen LogP contribution < -0.4 is 10.6 Å². The van der Waals surface area contributed by atoms with Gasteiger partial charge in [-0.05, 0) is 75.6 Å². The third-order valence-corrected chi connectivity index (χ3v) is 7.14. The zero-order chi connectivity index (χ0) is 25.5. The van der Waals surface area contributed by atoms with Gasteiger partial charge in [-0.25, -0.2) is 0 Å². The zero-order valence-electron chi connectivity index (χ0n) is 19.8. The van der Waals surface area contributed by atoms with E-state index in [0.29, 0.717) is 5.92 Å². The minimum Gasteiger partial charge on any atom is -0.466 e. The summed E-state index contributed by atoms with van der Waals surface area (Å²) in [5, 5.41) is 6.51. The Kier molecular flexibility index (Phi) is 8.80. The van der Waals surface area contributed by atoms with Gasteiger partial charge in [0.15, 0.2) is 5.76 Å². The van der Waals surface area contributed by atoms with Crippen molar-refractivity contribution in [1.82, 2.24) is 10.6 Å². The monoisotopic (exact) mass is 522 g/mol. The predicted molar refractivity (Wildman–Crippen MR) is 132 cm³/mol. The number of ether oxygens (including phenoxy) is 2. The molecule has 1 amide bonds. The Morgan fingerprint density at radius 1 is 1.17 bits per heavy atom. The summed E-state index contributed by atoms with van der Waals surface area (Å²) in [5.41, 5.74) is 0.315. The topological polar surface area (TPSA) is 59.6 Å². The number of benzene rings is 1. The largest absolute Gasteiger partial charge is 0.466 e. The zero-order valence-corrected chi connectivity index (χ0v) is 20.6. The number of amides is 1. The third-order valence-electron chi connectivity index (χ3n) is 6.81. The van der Waals surface area contributed by atoms with Crippen LogP contribution in [0.5, 0.6) is 0 Å². The van der Waals surface area contributed by atoms with E-state index in [1.54, 1.807) is 6.26 Å². The molecule has 0 saturated heterocycles. The average Bonchev–Trinajstić information content (AvgIpc) is 2.88. The highest BCUT2D eigenvalue weighted by Crippen LogP contribution is 2.32. The summed E-state index contributed by atoms with van der Waals surface area (Å²) in [5.74, 6) is 0.586. The van der Waals surface area contributed by atoms with Crippen molar-refractivity contribution >= 4 is 17.5 Å². The van der Waals surface area contributed by atoms with Crippen molar-refractivity contribution in [2.75, 3.05) is 6.54 Å². The standard InChI is InChI=1S/C27H30ClF3N2O3/c28-23-11-8-20(27(29,30)31)15-22(23)26(34)33-21-9-6-19(7-10-21)16-32-24(25-17-35-12-13-36-25)14-18-4-2-1-3-5-18/h1-2,4,8,11-13,15,17,19,21,24,32H,3,5-7,9-10,14,16H2,(H,33,34). The van der Waals surface area contributed by atoms with Gasteiger partial charge in [-0.3, -0.25) is 4.79 Å². The van der Waals surface area contributed by atoms with Crippen molar-refractivity contribution in [2.45, 2.75) is 63.2 Å². The van der Waals surface area contributed by atoms with Crippen LogP contribution in [0.4, 0.5) is 13.2 Å². The summed E-state index contributed by atoms with van der Waals surface area (Å²) in [6.45, 7) is 0.790. The molecule has 5 nitrogen and oxygen atoms in total. The molecule has 194 valence electrons. The van der Waals surface area contributed by atoms with Gasteiger partial charge >= 0.3 is 6.18 Å². The number of nitrogens with one attached hydrogen (secondary N) is 2. The molecule has 1 fully saturated rings. The lowest BCUT2D eigenvalue weighted by Crippen LogP contribution is -2.41. The number of halogens is 4. The molecule has 1 aliphatic heterocycles. The van der Waals surface area contributed by atoms with Crippen molar-refractivity contribution < 1.29 is 27.4 Å². The summed E-state index contributed by atoms with van der Waals surface area (Å²) in [4.78, 5) is 12.7. The van der Waals surface area contributed by atoms with Crippen LogP contribution in [0.15, 0.2) is 66.5 Å². The predicted octanol–water partition coefficient (Wildman–Crippen LogP) is 6.63. The van der Waals surface area contributed by atoms with Crippen molar-refractivity contribution in [1.29, 1.82) is 0 Å². The van der Waals surface area contributed by atoms with Crippen LogP contribution in [0.3, 0.4) is 0 Å². The SMILES string of the molecule is O=C(NC1CCC(CNC(CC2=CC=CCC2)C2=COC=CO2)CC1)c1cc(C(F)(F)F)ccc1Cl. The van der Waals surface area contributed by atoms with Crippen LogP contribution >= 0.6 is 11.6 Å². The summed E-state index contributed by atoms with van der Waals surface area (Å²) in [7, 11) is 0. The third kappa shape index (κ3) is 7.17. The average molecular weight is 523 g/mol. The highest BCUT2D eigenvalue weighted by molar-refractivity contribution is 6.33. The fraction of sp³-hybridized carbons (Fsp3) is 0.444. The molecule has 4 rings (SSSR count). The lowest BCUT2D eigenvalue weighted by molar-refractivity contribution is -0.137. The first kappa shape index (κ1) is 26.4. The Labute approximate surface area is 214 Å². The van der Waals surface area contributed by atoms with Crippen LogP contribution in [-0.2, 0) is 15.7 Å². The number of carbonyl (C=O) groups is 1. The number of hydrogen-bond donors (Lipinski definition) is 2. The minimum absolute atomic E-state index is 0.00561. The summed E-state index contributed by atoms with van der Waals surface area (Å²) >= 11 is 6.01. The molecule has 1 heterocycles. The van der Waals surface area contributed by atoms with E-state index in [1.165, 1.54) is 18.1 Å². The van der Waals surface area contributed by atoms with E-state index >= 15 is 0 Å². The molecule has 1 aromatic rings. The van der Waals surface area contributed by atoms with E-state index in [1.807, 2.05) is 0 Å². The maximum absolute atomic E-state index is 13.0. The van der Waals surface area contributed by atoms with Crippen LogP contribution in [0, 0.1) is 5.92 Å². The first-order chi connectivity index (χ1) is 17.3. The Hall–Kier alpha value is -2.71. The summed E-state index contributed by atoms with van der Waals surface area (Å²) < 4.78 is 50.1. The molecule has 36 heavy (non-hydrogen) atoms. The molecule has 9 heteroatoms. The van der Waals surface area contributed by atoms with Gasteiger partial charge in [0.2, 0.25) is 0 Å². The molecule has 1 aromatic carbocycles. The fourth-order valence-electron chi connectivity index (χ4n) is 4.75. The molecule has 1 atom stereocenters. The summed E-state index contributed by atoms with van der Waals surface area (Å²) in [6, 6.07) is 2.70. The molecule has 0 aromatic heterocycles. The summed E-state index contributed by atoms with van der Waals surface area (Å²) in [6.07, 6.45) is 12.7. The second kappa shape index (κ2) is 12.0. The van der Waals surface area contributed by atoms with E-state index in [0.717, 1.165) is 75.4 Å². The Bertz CT molecular complexity index is 1060. The van der Waals surface area contributed by atoms with Gasteiger partial charge in [0.25, 0.3) is 5.91 Å². The highest BCUT2D eigenvalue weighted by atomic mass is 35.5. The lowest BCUT2D eigenvalue weighted by Gasteiger charge is -2.31. The Morgan fingerprint density at radius 3 is 2.64 bits per heavy atom. The van der Waals surface area contributed by atoms with Gasteiger partial charge < -0.3 is 20.1 Å². The second-order valence-corrected chi connectivity index (χ2v) is 9.79. The van der Waals surface area contributed by atoms with Gasteiger partial charge in [0.1, 0.15) is 18.8 Å². The molecule has 0 radical (unpaired) electrons. The van der Waals surface area contributed by atoms with Crippen LogP contribution in [0.25, 0.3) is 0 Å². The lowest BCUT2D eigenvalue weighted by atomic mass is 9.85. The minimum atomic E-state index is -4.53. The van der Waals surface area contributed by atoms with Crippen molar-refractivity contribution in [2.24, 2.45) is 5.92 Å². The van der Waals surface area contributed by atoms with Gasteiger partial charge in [0.05, 0.1) is 22.2 Å². The first-order valence-electron chi connectivity index (χ1n) is 12.2. The number of hydrogen-bond acceptors (Lipinski definition) is 4. The number of alkyl halides is 3. The molecule has 2 aliphatic carbocycles. The van der Waals surface area contributed by atoms with E-state index in [-0.39, 0.29) is 22.7 Å².